The van der Waals surface area contributed by atoms with Gasteiger partial charge in [-0.3, -0.25) is 4.79 Å². The molecular formula is C11H11BrN4O2. The summed E-state index contributed by atoms with van der Waals surface area (Å²) in [6.45, 7) is 0.283. The minimum atomic E-state index is -0.862. The first-order valence-corrected chi connectivity index (χ1v) is 6.16. The largest absolute Gasteiger partial charge is 0.481 e. The van der Waals surface area contributed by atoms with Gasteiger partial charge < -0.3 is 5.11 Å². The molecule has 0 aliphatic rings. The Morgan fingerprint density at radius 2 is 2.28 bits per heavy atom. The minimum Gasteiger partial charge on any atom is -0.481 e. The zero-order valence-corrected chi connectivity index (χ0v) is 11.0. The van der Waals surface area contributed by atoms with Crippen LogP contribution in [0.5, 0.6) is 0 Å². The van der Waals surface area contributed by atoms with E-state index >= 15 is 0 Å². The van der Waals surface area contributed by atoms with Crippen molar-refractivity contribution in [3.63, 3.8) is 0 Å². The molecule has 0 spiro atoms. The van der Waals surface area contributed by atoms with Gasteiger partial charge in [0, 0.05) is 10.9 Å². The lowest BCUT2D eigenvalue weighted by atomic mass is 10.1. The van der Waals surface area contributed by atoms with Crippen LogP contribution in [-0.4, -0.2) is 31.3 Å². The van der Waals surface area contributed by atoms with Gasteiger partial charge in [0.1, 0.15) is 0 Å². The van der Waals surface area contributed by atoms with E-state index in [1.807, 2.05) is 24.3 Å². The molecule has 7 heteroatoms. The molecule has 0 amide bonds. The van der Waals surface area contributed by atoms with Gasteiger partial charge in [-0.05, 0) is 28.1 Å². The van der Waals surface area contributed by atoms with Crippen LogP contribution in [0.15, 0.2) is 28.7 Å². The van der Waals surface area contributed by atoms with Gasteiger partial charge in [0.25, 0.3) is 0 Å². The highest BCUT2D eigenvalue weighted by atomic mass is 79.9. The lowest BCUT2D eigenvalue weighted by Gasteiger charge is -2.03. The number of carboxylic acid groups (broad SMARTS) is 1. The molecule has 0 aliphatic heterocycles. The van der Waals surface area contributed by atoms with E-state index < -0.39 is 5.97 Å². The first-order chi connectivity index (χ1) is 8.65. The lowest BCUT2D eigenvalue weighted by Crippen LogP contribution is -2.10. The Labute approximate surface area is 112 Å². The number of rotatable bonds is 5. The number of carboxylic acids is 1. The van der Waals surface area contributed by atoms with Gasteiger partial charge in [-0.2, -0.15) is 0 Å². The number of nitrogens with zero attached hydrogens (tertiary/aromatic N) is 4. The first-order valence-electron chi connectivity index (χ1n) is 5.36. The Morgan fingerprint density at radius 1 is 1.44 bits per heavy atom. The van der Waals surface area contributed by atoms with Crippen LogP contribution < -0.4 is 0 Å². The lowest BCUT2D eigenvalue weighted by molar-refractivity contribution is -0.137. The Kier molecular flexibility index (Phi) is 4.03. The van der Waals surface area contributed by atoms with Crippen LogP contribution in [0.1, 0.15) is 17.8 Å². The number of tetrazole rings is 1. The van der Waals surface area contributed by atoms with Gasteiger partial charge in [-0.25, -0.2) is 4.68 Å². The molecule has 0 atom stereocenters. The number of benzene rings is 1. The van der Waals surface area contributed by atoms with E-state index in [-0.39, 0.29) is 13.0 Å². The molecule has 0 saturated carbocycles. The maximum Gasteiger partial charge on any atom is 0.305 e. The van der Waals surface area contributed by atoms with E-state index in [0.29, 0.717) is 12.2 Å². The normalized spacial score (nSPS) is 10.5. The van der Waals surface area contributed by atoms with Crippen LogP contribution in [0.2, 0.25) is 0 Å². The molecule has 0 fully saturated rings. The predicted octanol–water partition coefficient (Wildman–Crippen LogP) is 1.50. The van der Waals surface area contributed by atoms with Crippen molar-refractivity contribution in [3.05, 3.63) is 40.1 Å². The van der Waals surface area contributed by atoms with Crippen molar-refractivity contribution in [1.29, 1.82) is 0 Å². The number of hydrogen-bond acceptors (Lipinski definition) is 4. The molecule has 0 radical (unpaired) electrons. The number of carbonyl (C=O) groups is 1. The number of aromatic nitrogens is 4. The maximum atomic E-state index is 10.5. The number of hydrogen-bond donors (Lipinski definition) is 1. The molecule has 2 aromatic rings. The second-order valence-corrected chi connectivity index (χ2v) is 4.68. The Morgan fingerprint density at radius 3 is 3.00 bits per heavy atom. The molecule has 6 nitrogen and oxygen atoms in total. The van der Waals surface area contributed by atoms with E-state index in [4.69, 9.17) is 5.11 Å². The topological polar surface area (TPSA) is 80.9 Å². The quantitative estimate of drug-likeness (QED) is 0.905. The summed E-state index contributed by atoms with van der Waals surface area (Å²) in [5.41, 5.74) is 1.07. The minimum absolute atomic E-state index is 0.0104. The number of halogens is 1. The van der Waals surface area contributed by atoms with E-state index in [1.165, 1.54) is 4.68 Å². The van der Waals surface area contributed by atoms with Crippen molar-refractivity contribution >= 4 is 21.9 Å². The number of aliphatic carboxylic acids is 1. The molecular weight excluding hydrogens is 300 g/mol. The summed E-state index contributed by atoms with van der Waals surface area (Å²) < 4.78 is 2.51. The molecule has 0 unspecified atom stereocenters. The first kappa shape index (κ1) is 12.7. The van der Waals surface area contributed by atoms with Crippen LogP contribution in [-0.2, 0) is 17.8 Å². The highest BCUT2D eigenvalue weighted by Crippen LogP contribution is 2.14. The second kappa shape index (κ2) is 5.72. The van der Waals surface area contributed by atoms with Crippen LogP contribution >= 0.6 is 15.9 Å². The Bertz CT molecular complexity index is 555. The molecule has 94 valence electrons. The van der Waals surface area contributed by atoms with Crippen LogP contribution in [0, 0.1) is 0 Å². The third kappa shape index (κ3) is 3.36. The average Bonchev–Trinajstić information content (AvgIpc) is 2.74. The smallest absolute Gasteiger partial charge is 0.305 e. The van der Waals surface area contributed by atoms with Gasteiger partial charge in [0.15, 0.2) is 5.82 Å². The van der Waals surface area contributed by atoms with E-state index in [0.717, 1.165) is 10.0 Å². The molecule has 0 saturated heterocycles. The van der Waals surface area contributed by atoms with Crippen molar-refractivity contribution in [2.45, 2.75) is 19.4 Å². The fourth-order valence-corrected chi connectivity index (χ4v) is 2.00. The van der Waals surface area contributed by atoms with Gasteiger partial charge in [-0.1, -0.05) is 28.1 Å². The molecule has 1 aromatic carbocycles. The molecule has 1 N–H and O–H groups in total. The fourth-order valence-electron chi connectivity index (χ4n) is 1.55. The van der Waals surface area contributed by atoms with Crippen molar-refractivity contribution in [1.82, 2.24) is 20.2 Å². The van der Waals surface area contributed by atoms with Crippen molar-refractivity contribution in [3.8, 4) is 0 Å². The maximum absolute atomic E-state index is 10.5. The summed E-state index contributed by atoms with van der Waals surface area (Å²) in [6.07, 6.45) is 0.586. The average molecular weight is 311 g/mol. The molecule has 0 aliphatic carbocycles. The summed E-state index contributed by atoms with van der Waals surface area (Å²) in [5.74, 6) is -0.201. The Hall–Kier alpha value is -1.76. The predicted molar refractivity (Wildman–Crippen MR) is 67.0 cm³/mol. The van der Waals surface area contributed by atoms with Crippen LogP contribution in [0.4, 0.5) is 0 Å². The van der Waals surface area contributed by atoms with Crippen molar-refractivity contribution < 1.29 is 9.90 Å². The standard InChI is InChI=1S/C11H11BrN4O2/c12-9-3-1-2-8(6-9)7-10-13-14-15-16(10)5-4-11(17)18/h1-3,6H,4-5,7H2,(H,17,18). The summed E-state index contributed by atoms with van der Waals surface area (Å²) in [4.78, 5) is 10.5. The van der Waals surface area contributed by atoms with E-state index in [1.54, 1.807) is 0 Å². The third-order valence-corrected chi connectivity index (χ3v) is 2.89. The zero-order chi connectivity index (χ0) is 13.0. The van der Waals surface area contributed by atoms with Gasteiger partial charge in [0.2, 0.25) is 0 Å². The van der Waals surface area contributed by atoms with Gasteiger partial charge in [-0.15, -0.1) is 5.10 Å². The van der Waals surface area contributed by atoms with E-state index in [9.17, 15) is 4.79 Å². The van der Waals surface area contributed by atoms with Crippen molar-refractivity contribution in [2.75, 3.05) is 0 Å². The molecule has 18 heavy (non-hydrogen) atoms. The molecule has 0 bridgehead atoms. The molecule has 1 aromatic heterocycles. The SMILES string of the molecule is O=C(O)CCn1nnnc1Cc1cccc(Br)c1. The summed E-state index contributed by atoms with van der Waals surface area (Å²) in [6, 6.07) is 7.83. The monoisotopic (exact) mass is 310 g/mol. The van der Waals surface area contributed by atoms with Crippen molar-refractivity contribution in [2.24, 2.45) is 0 Å². The van der Waals surface area contributed by atoms with Crippen LogP contribution in [0.25, 0.3) is 0 Å². The van der Waals surface area contributed by atoms with Crippen LogP contribution in [0.3, 0.4) is 0 Å². The highest BCUT2D eigenvalue weighted by molar-refractivity contribution is 9.10. The molecule has 1 heterocycles. The molecule has 2 rings (SSSR count). The van der Waals surface area contributed by atoms with E-state index in [2.05, 4.69) is 31.5 Å². The van der Waals surface area contributed by atoms with Gasteiger partial charge >= 0.3 is 5.97 Å². The third-order valence-electron chi connectivity index (χ3n) is 2.39. The Balaban J connectivity index is 2.10. The summed E-state index contributed by atoms with van der Waals surface area (Å²) in [5, 5.41) is 19.9. The highest BCUT2D eigenvalue weighted by Gasteiger charge is 2.08. The zero-order valence-electron chi connectivity index (χ0n) is 9.45. The summed E-state index contributed by atoms with van der Waals surface area (Å²) >= 11 is 3.40. The number of aryl methyl sites for hydroxylation is 1. The summed E-state index contributed by atoms with van der Waals surface area (Å²) in [7, 11) is 0. The fraction of sp³-hybridized carbons (Fsp3) is 0.273. The second-order valence-electron chi connectivity index (χ2n) is 3.77. The van der Waals surface area contributed by atoms with Gasteiger partial charge in [0.05, 0.1) is 13.0 Å².